The molecule has 1 aromatic rings. The highest BCUT2D eigenvalue weighted by atomic mass is 16.2. The summed E-state index contributed by atoms with van der Waals surface area (Å²) in [5.74, 6) is 0.467. The molecule has 4 heteroatoms. The van der Waals surface area contributed by atoms with Gasteiger partial charge in [-0.25, -0.2) is 0 Å². The number of hydrogen-bond acceptors (Lipinski definition) is 3. The number of carbonyl (C=O) groups is 1. The summed E-state index contributed by atoms with van der Waals surface area (Å²) in [4.78, 5) is 16.7. The summed E-state index contributed by atoms with van der Waals surface area (Å²) in [6.45, 7) is 8.49. The number of amides is 1. The Bertz CT molecular complexity index is 455. The molecule has 4 nitrogen and oxygen atoms in total. The third-order valence-electron chi connectivity index (χ3n) is 3.24. The van der Waals surface area contributed by atoms with E-state index in [2.05, 4.69) is 18.7 Å². The highest BCUT2D eigenvalue weighted by Crippen LogP contribution is 2.19. The van der Waals surface area contributed by atoms with Gasteiger partial charge in [-0.15, -0.1) is 0 Å². The van der Waals surface area contributed by atoms with Gasteiger partial charge in [-0.2, -0.15) is 0 Å². The molecular weight excluding hydrogens is 250 g/mol. The highest BCUT2D eigenvalue weighted by molar-refractivity contribution is 5.99. The number of nitrogen functional groups attached to an aromatic ring is 1. The predicted molar refractivity (Wildman–Crippen MR) is 84.9 cm³/mol. The van der Waals surface area contributed by atoms with Gasteiger partial charge < -0.3 is 15.5 Å². The molecule has 0 spiro atoms. The number of likely N-dealkylation sites (N-methyl/N-ethyl adjacent to an activating group) is 1. The Kier molecular flexibility index (Phi) is 6.02. The van der Waals surface area contributed by atoms with E-state index in [-0.39, 0.29) is 5.91 Å². The quantitative estimate of drug-likeness (QED) is 0.811. The summed E-state index contributed by atoms with van der Waals surface area (Å²) >= 11 is 0. The van der Waals surface area contributed by atoms with Crippen LogP contribution in [0.3, 0.4) is 0 Å². The van der Waals surface area contributed by atoms with Crippen LogP contribution in [-0.4, -0.2) is 49.4 Å². The monoisotopic (exact) mass is 277 g/mol. The number of aryl methyl sites for hydroxylation is 1. The first kappa shape index (κ1) is 16.5. The third-order valence-corrected chi connectivity index (χ3v) is 3.24. The molecule has 0 saturated heterocycles. The summed E-state index contributed by atoms with van der Waals surface area (Å²) in [7, 11) is 4.03. The Morgan fingerprint density at radius 2 is 1.90 bits per heavy atom. The van der Waals surface area contributed by atoms with E-state index in [1.165, 1.54) is 0 Å². The Morgan fingerprint density at radius 1 is 1.25 bits per heavy atom. The second-order valence-corrected chi connectivity index (χ2v) is 5.98. The van der Waals surface area contributed by atoms with Gasteiger partial charge in [0.2, 0.25) is 0 Å². The van der Waals surface area contributed by atoms with Crippen molar-refractivity contribution in [3.05, 3.63) is 29.3 Å². The van der Waals surface area contributed by atoms with Crippen LogP contribution in [0.1, 0.15) is 29.8 Å². The predicted octanol–water partition coefficient (Wildman–Crippen LogP) is 2.24. The molecular formula is C16H27N3O. The minimum atomic E-state index is 0.0294. The summed E-state index contributed by atoms with van der Waals surface area (Å²) in [5.41, 5.74) is 8.21. The van der Waals surface area contributed by atoms with Gasteiger partial charge in [-0.05, 0) is 38.6 Å². The number of anilines is 1. The molecule has 0 atom stereocenters. The van der Waals surface area contributed by atoms with E-state index in [1.54, 1.807) is 0 Å². The topological polar surface area (TPSA) is 49.6 Å². The van der Waals surface area contributed by atoms with Crippen molar-refractivity contribution < 1.29 is 4.79 Å². The second-order valence-electron chi connectivity index (χ2n) is 5.98. The van der Waals surface area contributed by atoms with Gasteiger partial charge in [0.25, 0.3) is 5.91 Å². The number of nitrogens with two attached hydrogens (primary N) is 1. The van der Waals surface area contributed by atoms with Crippen molar-refractivity contribution in [3.8, 4) is 0 Å². The number of benzene rings is 1. The fraction of sp³-hybridized carbons (Fsp3) is 0.562. The minimum Gasteiger partial charge on any atom is -0.398 e. The number of para-hydroxylation sites is 1. The van der Waals surface area contributed by atoms with Crippen LogP contribution in [0, 0.1) is 12.8 Å². The molecule has 1 rings (SSSR count). The van der Waals surface area contributed by atoms with E-state index in [4.69, 9.17) is 5.73 Å². The molecule has 0 unspecified atom stereocenters. The van der Waals surface area contributed by atoms with Crippen molar-refractivity contribution in [2.24, 2.45) is 5.92 Å². The molecule has 1 aromatic carbocycles. The first-order chi connectivity index (χ1) is 9.32. The Morgan fingerprint density at radius 3 is 2.45 bits per heavy atom. The lowest BCUT2D eigenvalue weighted by molar-refractivity contribution is 0.0725. The van der Waals surface area contributed by atoms with E-state index in [9.17, 15) is 4.79 Å². The molecule has 0 bridgehead atoms. The largest absolute Gasteiger partial charge is 0.398 e. The molecule has 0 fully saturated rings. The SMILES string of the molecule is Cc1cccc(C(=O)N(CCN(C)C)CC(C)C)c1N. The van der Waals surface area contributed by atoms with Crippen molar-refractivity contribution in [3.63, 3.8) is 0 Å². The lowest BCUT2D eigenvalue weighted by Gasteiger charge is -2.27. The Balaban J connectivity index is 2.94. The van der Waals surface area contributed by atoms with E-state index < -0.39 is 0 Å². The van der Waals surface area contributed by atoms with Crippen LogP contribution in [0.25, 0.3) is 0 Å². The molecule has 0 aliphatic heterocycles. The maximum absolute atomic E-state index is 12.7. The highest BCUT2D eigenvalue weighted by Gasteiger charge is 2.19. The fourth-order valence-electron chi connectivity index (χ4n) is 2.07. The van der Waals surface area contributed by atoms with Crippen LogP contribution in [0.15, 0.2) is 18.2 Å². The zero-order chi connectivity index (χ0) is 15.3. The molecule has 20 heavy (non-hydrogen) atoms. The normalized spacial score (nSPS) is 11.2. The average molecular weight is 277 g/mol. The minimum absolute atomic E-state index is 0.0294. The van der Waals surface area contributed by atoms with Gasteiger partial charge in [0.1, 0.15) is 0 Å². The maximum Gasteiger partial charge on any atom is 0.256 e. The standard InChI is InChI=1S/C16H27N3O/c1-12(2)11-19(10-9-18(4)5)16(20)14-8-6-7-13(3)15(14)17/h6-8,12H,9-11,17H2,1-5H3. The van der Waals surface area contributed by atoms with Gasteiger partial charge in [0.05, 0.1) is 5.56 Å². The molecule has 0 heterocycles. The molecule has 112 valence electrons. The average Bonchev–Trinajstić information content (AvgIpc) is 2.36. The second kappa shape index (κ2) is 7.29. The van der Waals surface area contributed by atoms with Crippen molar-refractivity contribution in [1.82, 2.24) is 9.80 Å². The Hall–Kier alpha value is -1.55. The van der Waals surface area contributed by atoms with Crippen molar-refractivity contribution in [1.29, 1.82) is 0 Å². The van der Waals surface area contributed by atoms with Crippen LogP contribution >= 0.6 is 0 Å². The van der Waals surface area contributed by atoms with E-state index >= 15 is 0 Å². The number of carbonyl (C=O) groups excluding carboxylic acids is 1. The summed E-state index contributed by atoms with van der Waals surface area (Å²) in [5, 5.41) is 0. The first-order valence-corrected chi connectivity index (χ1v) is 7.12. The number of hydrogen-bond donors (Lipinski definition) is 1. The molecule has 0 aliphatic rings. The lowest BCUT2D eigenvalue weighted by atomic mass is 10.1. The lowest BCUT2D eigenvalue weighted by Crippen LogP contribution is -2.39. The van der Waals surface area contributed by atoms with Gasteiger partial charge in [-0.3, -0.25) is 4.79 Å². The van der Waals surface area contributed by atoms with Crippen LogP contribution in [0.2, 0.25) is 0 Å². The van der Waals surface area contributed by atoms with Gasteiger partial charge in [0, 0.05) is 25.3 Å². The molecule has 0 aliphatic carbocycles. The smallest absolute Gasteiger partial charge is 0.256 e. The first-order valence-electron chi connectivity index (χ1n) is 7.12. The van der Waals surface area contributed by atoms with Crippen LogP contribution in [-0.2, 0) is 0 Å². The van der Waals surface area contributed by atoms with E-state index in [0.717, 1.165) is 25.2 Å². The zero-order valence-electron chi connectivity index (χ0n) is 13.3. The fourth-order valence-corrected chi connectivity index (χ4v) is 2.07. The molecule has 0 radical (unpaired) electrons. The molecule has 2 N–H and O–H groups in total. The van der Waals surface area contributed by atoms with Crippen molar-refractivity contribution in [2.75, 3.05) is 39.5 Å². The van der Waals surface area contributed by atoms with E-state index in [1.807, 2.05) is 44.1 Å². The molecule has 0 aromatic heterocycles. The summed E-state index contributed by atoms with van der Waals surface area (Å²) in [6.07, 6.45) is 0. The van der Waals surface area contributed by atoms with E-state index in [0.29, 0.717) is 17.2 Å². The van der Waals surface area contributed by atoms with Gasteiger partial charge in [0.15, 0.2) is 0 Å². The zero-order valence-corrected chi connectivity index (χ0v) is 13.3. The maximum atomic E-state index is 12.7. The van der Waals surface area contributed by atoms with Crippen molar-refractivity contribution >= 4 is 11.6 Å². The Labute approximate surface area is 122 Å². The molecule has 1 amide bonds. The van der Waals surface area contributed by atoms with Crippen molar-refractivity contribution in [2.45, 2.75) is 20.8 Å². The van der Waals surface area contributed by atoms with Crippen LogP contribution in [0.5, 0.6) is 0 Å². The summed E-state index contributed by atoms with van der Waals surface area (Å²) in [6, 6.07) is 5.63. The third kappa shape index (κ3) is 4.53. The van der Waals surface area contributed by atoms with Gasteiger partial charge in [-0.1, -0.05) is 26.0 Å². The van der Waals surface area contributed by atoms with Crippen LogP contribution in [0.4, 0.5) is 5.69 Å². The van der Waals surface area contributed by atoms with Crippen LogP contribution < -0.4 is 5.73 Å². The number of rotatable bonds is 6. The molecule has 0 saturated carbocycles. The summed E-state index contributed by atoms with van der Waals surface area (Å²) < 4.78 is 0. The number of nitrogens with zero attached hydrogens (tertiary/aromatic N) is 2. The van der Waals surface area contributed by atoms with Gasteiger partial charge >= 0.3 is 0 Å².